The van der Waals surface area contributed by atoms with E-state index in [2.05, 4.69) is 15.5 Å². The van der Waals surface area contributed by atoms with Gasteiger partial charge in [-0.25, -0.2) is 4.99 Å². The summed E-state index contributed by atoms with van der Waals surface area (Å²) in [5.74, 6) is 1.51. The van der Waals surface area contributed by atoms with Crippen LogP contribution in [0.3, 0.4) is 0 Å². The molecule has 9 nitrogen and oxygen atoms in total. The molecule has 9 heteroatoms. The number of hydrogen-bond donors (Lipinski definition) is 2. The minimum absolute atomic E-state index is 0.0841. The molecule has 0 unspecified atom stereocenters. The fourth-order valence-electron chi connectivity index (χ4n) is 3.15. The second kappa shape index (κ2) is 11.9. The van der Waals surface area contributed by atoms with Gasteiger partial charge in [-0.15, -0.1) is 0 Å². The molecule has 3 rings (SSSR count). The summed E-state index contributed by atoms with van der Waals surface area (Å²) in [7, 11) is 1.64. The first-order valence-electron chi connectivity index (χ1n) is 10.3. The Morgan fingerprint density at radius 3 is 2.42 bits per heavy atom. The van der Waals surface area contributed by atoms with Crippen LogP contribution in [0.4, 0.5) is 5.69 Å². The lowest BCUT2D eigenvalue weighted by Gasteiger charge is -2.26. The number of nitrogens with one attached hydrogen (secondary N) is 2. The van der Waals surface area contributed by atoms with Gasteiger partial charge in [-0.1, -0.05) is 24.3 Å². The van der Waals surface area contributed by atoms with E-state index in [0.29, 0.717) is 19.0 Å². The van der Waals surface area contributed by atoms with Crippen molar-refractivity contribution >= 4 is 11.6 Å². The van der Waals surface area contributed by atoms with E-state index in [-0.39, 0.29) is 5.69 Å². The quantitative estimate of drug-likeness (QED) is 0.274. The monoisotopic (exact) mass is 427 g/mol. The molecule has 1 aliphatic rings. The van der Waals surface area contributed by atoms with E-state index in [0.717, 1.165) is 56.3 Å². The molecule has 1 heterocycles. The minimum Gasteiger partial charge on any atom is -0.497 e. The molecule has 2 aromatic carbocycles. The van der Waals surface area contributed by atoms with Gasteiger partial charge in [0.2, 0.25) is 0 Å². The zero-order chi connectivity index (χ0) is 21.9. The summed E-state index contributed by atoms with van der Waals surface area (Å²) in [5, 5.41) is 17.5. The Balaban J connectivity index is 1.58. The minimum atomic E-state index is -0.397. The van der Waals surface area contributed by atoms with E-state index in [1.54, 1.807) is 19.2 Å². The van der Waals surface area contributed by atoms with Crippen LogP contribution in [0.1, 0.15) is 11.1 Å². The first kappa shape index (κ1) is 22.5. The topological polar surface area (TPSA) is 101 Å². The molecule has 0 radical (unpaired) electrons. The van der Waals surface area contributed by atoms with E-state index in [4.69, 9.17) is 14.5 Å². The molecule has 1 aliphatic heterocycles. The van der Waals surface area contributed by atoms with Crippen LogP contribution in [0.25, 0.3) is 0 Å². The maximum atomic E-state index is 10.8. The fourth-order valence-corrected chi connectivity index (χ4v) is 3.15. The third-order valence-electron chi connectivity index (χ3n) is 5.01. The summed E-state index contributed by atoms with van der Waals surface area (Å²) in [5.41, 5.74) is 2.10. The lowest BCUT2D eigenvalue weighted by molar-refractivity contribution is -0.384. The number of nitrogens with zero attached hydrogens (tertiary/aromatic N) is 3. The van der Waals surface area contributed by atoms with Crippen LogP contribution in [0.2, 0.25) is 0 Å². The van der Waals surface area contributed by atoms with E-state index in [9.17, 15) is 10.1 Å². The number of non-ortho nitro benzene ring substituents is 1. The highest BCUT2D eigenvalue weighted by Crippen LogP contribution is 2.13. The molecule has 0 amide bonds. The molecule has 31 heavy (non-hydrogen) atoms. The Hall–Kier alpha value is -3.17. The van der Waals surface area contributed by atoms with Crippen molar-refractivity contribution in [1.82, 2.24) is 15.5 Å². The maximum absolute atomic E-state index is 10.8. The van der Waals surface area contributed by atoms with E-state index in [1.165, 1.54) is 12.1 Å². The first-order chi connectivity index (χ1) is 15.1. The number of rotatable bonds is 9. The van der Waals surface area contributed by atoms with Crippen LogP contribution in [-0.2, 0) is 17.8 Å². The highest BCUT2D eigenvalue weighted by atomic mass is 16.6. The number of ether oxygens (including phenoxy) is 2. The Bertz CT molecular complexity index is 849. The molecular formula is C22H29N5O4. The number of methoxy groups -OCH3 is 1. The average molecular weight is 428 g/mol. The molecule has 2 aromatic rings. The van der Waals surface area contributed by atoms with Gasteiger partial charge < -0.3 is 20.1 Å². The molecule has 0 saturated carbocycles. The van der Waals surface area contributed by atoms with Crippen LogP contribution in [0.15, 0.2) is 53.5 Å². The van der Waals surface area contributed by atoms with Crippen LogP contribution in [0.5, 0.6) is 5.75 Å². The van der Waals surface area contributed by atoms with Crippen molar-refractivity contribution in [2.24, 2.45) is 4.99 Å². The van der Waals surface area contributed by atoms with Gasteiger partial charge in [0.1, 0.15) is 5.75 Å². The standard InChI is InChI=1S/C22H29N5O4/c1-30-21-8-4-19(5-9-21)17-25-22(23-10-11-26-12-14-31-15-13-26)24-16-18-2-6-20(7-3-18)27(28)29/h2-9H,10-17H2,1H3,(H2,23,24,25). The second-order valence-electron chi connectivity index (χ2n) is 7.17. The van der Waals surface area contributed by atoms with Gasteiger partial charge in [-0.2, -0.15) is 0 Å². The third kappa shape index (κ3) is 7.54. The van der Waals surface area contributed by atoms with Gasteiger partial charge in [-0.05, 0) is 23.3 Å². The molecule has 166 valence electrons. The Morgan fingerprint density at radius 2 is 1.77 bits per heavy atom. The Kier molecular flexibility index (Phi) is 8.62. The molecule has 0 bridgehead atoms. The summed E-state index contributed by atoms with van der Waals surface area (Å²) in [4.78, 5) is 17.5. The zero-order valence-corrected chi connectivity index (χ0v) is 17.8. The SMILES string of the molecule is COc1ccc(CN=C(NCCN2CCOCC2)NCc2ccc([N+](=O)[O-])cc2)cc1. The molecule has 1 saturated heterocycles. The van der Waals surface area contributed by atoms with E-state index < -0.39 is 4.92 Å². The largest absolute Gasteiger partial charge is 0.497 e. The number of nitro groups is 1. The normalized spacial score (nSPS) is 14.8. The number of benzene rings is 2. The van der Waals surface area contributed by atoms with Crippen molar-refractivity contribution in [2.45, 2.75) is 13.1 Å². The molecule has 0 atom stereocenters. The van der Waals surface area contributed by atoms with Crippen LogP contribution in [0, 0.1) is 10.1 Å². The lowest BCUT2D eigenvalue weighted by atomic mass is 10.2. The van der Waals surface area contributed by atoms with Gasteiger partial charge in [0.15, 0.2) is 5.96 Å². The molecule has 1 fully saturated rings. The van der Waals surface area contributed by atoms with Crippen molar-refractivity contribution in [3.8, 4) is 5.75 Å². The van der Waals surface area contributed by atoms with Gasteiger partial charge in [-0.3, -0.25) is 15.0 Å². The van der Waals surface area contributed by atoms with Gasteiger partial charge in [0.25, 0.3) is 5.69 Å². The summed E-state index contributed by atoms with van der Waals surface area (Å²) < 4.78 is 10.6. The van der Waals surface area contributed by atoms with E-state index >= 15 is 0 Å². The third-order valence-corrected chi connectivity index (χ3v) is 5.01. The van der Waals surface area contributed by atoms with E-state index in [1.807, 2.05) is 24.3 Å². The lowest BCUT2D eigenvalue weighted by Crippen LogP contribution is -2.44. The molecule has 0 aromatic heterocycles. The van der Waals surface area contributed by atoms with Gasteiger partial charge >= 0.3 is 0 Å². The van der Waals surface area contributed by atoms with Gasteiger partial charge in [0, 0.05) is 44.9 Å². The predicted molar refractivity (Wildman–Crippen MR) is 119 cm³/mol. The van der Waals surface area contributed by atoms with Crippen LogP contribution >= 0.6 is 0 Å². The second-order valence-corrected chi connectivity index (χ2v) is 7.17. The molecular weight excluding hydrogens is 398 g/mol. The molecule has 2 N–H and O–H groups in total. The average Bonchev–Trinajstić information content (AvgIpc) is 2.81. The zero-order valence-electron chi connectivity index (χ0n) is 17.8. The van der Waals surface area contributed by atoms with Crippen LogP contribution < -0.4 is 15.4 Å². The molecule has 0 aliphatic carbocycles. The maximum Gasteiger partial charge on any atom is 0.269 e. The number of nitro benzene ring substituents is 1. The smallest absolute Gasteiger partial charge is 0.269 e. The predicted octanol–water partition coefficient (Wildman–Crippen LogP) is 2.17. The van der Waals surface area contributed by atoms with Crippen LogP contribution in [-0.4, -0.2) is 62.3 Å². The summed E-state index contributed by atoms with van der Waals surface area (Å²) >= 11 is 0. The highest BCUT2D eigenvalue weighted by molar-refractivity contribution is 5.79. The van der Waals surface area contributed by atoms with Crippen molar-refractivity contribution < 1.29 is 14.4 Å². The van der Waals surface area contributed by atoms with Crippen molar-refractivity contribution in [3.05, 3.63) is 69.8 Å². The number of guanidine groups is 1. The van der Waals surface area contributed by atoms with Crippen molar-refractivity contribution in [1.29, 1.82) is 0 Å². The van der Waals surface area contributed by atoms with Gasteiger partial charge in [0.05, 0.1) is 31.8 Å². The first-order valence-corrected chi connectivity index (χ1v) is 10.3. The Morgan fingerprint density at radius 1 is 1.10 bits per heavy atom. The number of morpholine rings is 1. The summed E-state index contributed by atoms with van der Waals surface area (Å²) in [6.07, 6.45) is 0. The Labute approximate surface area is 182 Å². The fraction of sp³-hybridized carbons (Fsp3) is 0.409. The number of aliphatic imine (C=N–C) groups is 1. The molecule has 0 spiro atoms. The summed E-state index contributed by atoms with van der Waals surface area (Å²) in [6.45, 7) is 6.14. The highest BCUT2D eigenvalue weighted by Gasteiger charge is 2.10. The summed E-state index contributed by atoms with van der Waals surface area (Å²) in [6, 6.07) is 14.3. The number of hydrogen-bond acceptors (Lipinski definition) is 6. The van der Waals surface area contributed by atoms with Crippen molar-refractivity contribution in [2.75, 3.05) is 46.5 Å². The van der Waals surface area contributed by atoms with Crippen molar-refractivity contribution in [3.63, 3.8) is 0 Å².